The maximum absolute atomic E-state index is 14.3. The molecule has 1 heterocycles. The third-order valence-corrected chi connectivity index (χ3v) is 6.48. The average Bonchev–Trinajstić information content (AvgIpc) is 3.24. The van der Waals surface area contributed by atoms with Crippen LogP contribution in [0.5, 0.6) is 5.75 Å². The Morgan fingerprint density at radius 2 is 1.77 bits per heavy atom. The number of fused-ring (bicyclic) bond motifs is 1. The van der Waals surface area contributed by atoms with Crippen LogP contribution in [-0.2, 0) is 16.3 Å². The highest BCUT2D eigenvalue weighted by atomic mass is 32.2. The van der Waals surface area contributed by atoms with Crippen molar-refractivity contribution in [3.63, 3.8) is 0 Å². The zero-order valence-corrected chi connectivity index (χ0v) is 15.5. The Morgan fingerprint density at radius 3 is 2.42 bits per heavy atom. The fraction of sp³-hybridized carbons (Fsp3) is 0.400. The monoisotopic (exact) mass is 375 g/mol. The van der Waals surface area contributed by atoms with Gasteiger partial charge in [0.1, 0.15) is 17.7 Å². The van der Waals surface area contributed by atoms with E-state index in [9.17, 15) is 12.8 Å². The van der Waals surface area contributed by atoms with Crippen LogP contribution in [0.4, 0.5) is 4.39 Å². The summed E-state index contributed by atoms with van der Waals surface area (Å²) in [6.45, 7) is 2.01. The van der Waals surface area contributed by atoms with Crippen LogP contribution in [0.15, 0.2) is 47.4 Å². The quantitative estimate of drug-likeness (QED) is 0.822. The number of nitrogens with zero attached hydrogens (tertiary/aromatic N) is 1. The molecule has 1 aliphatic heterocycles. The predicted octanol–water partition coefficient (Wildman–Crippen LogP) is 3.37. The summed E-state index contributed by atoms with van der Waals surface area (Å²) in [6.07, 6.45) is 3.90. The molecule has 0 saturated carbocycles. The molecule has 1 saturated heterocycles. The number of benzene rings is 2. The van der Waals surface area contributed by atoms with Gasteiger partial charge in [0.25, 0.3) is 0 Å². The standard InChI is InChI=1S/C20H22FNO3S/c1-26(23,24)15-9-7-14(8-10-15)25-20-16-5-4-6-18(21)17(16)13-19(20)22-11-2-3-12-22/h4-10,19-20H,2-3,11-13H2,1H3. The van der Waals surface area contributed by atoms with Gasteiger partial charge < -0.3 is 4.74 Å². The van der Waals surface area contributed by atoms with Crippen LogP contribution in [0.2, 0.25) is 0 Å². The second kappa shape index (κ2) is 6.67. The van der Waals surface area contributed by atoms with E-state index < -0.39 is 9.84 Å². The Kier molecular flexibility index (Phi) is 4.49. The zero-order chi connectivity index (χ0) is 18.3. The van der Waals surface area contributed by atoms with Crippen molar-refractivity contribution in [1.82, 2.24) is 4.90 Å². The van der Waals surface area contributed by atoms with Crippen LogP contribution in [-0.4, -0.2) is 38.7 Å². The number of rotatable bonds is 4. The number of sulfone groups is 1. The first-order valence-corrected chi connectivity index (χ1v) is 10.8. The molecule has 2 aliphatic rings. The van der Waals surface area contributed by atoms with Gasteiger partial charge in [0.15, 0.2) is 9.84 Å². The van der Waals surface area contributed by atoms with Crippen LogP contribution in [0.25, 0.3) is 0 Å². The molecule has 0 spiro atoms. The molecule has 2 aromatic rings. The van der Waals surface area contributed by atoms with Gasteiger partial charge >= 0.3 is 0 Å². The molecule has 26 heavy (non-hydrogen) atoms. The number of ether oxygens (including phenoxy) is 1. The fourth-order valence-electron chi connectivity index (χ4n) is 4.03. The first-order valence-electron chi connectivity index (χ1n) is 8.91. The Bertz CT molecular complexity index is 905. The SMILES string of the molecule is CS(=O)(=O)c1ccc(OC2c3cccc(F)c3CC2N2CCCC2)cc1. The summed E-state index contributed by atoms with van der Waals surface area (Å²) < 4.78 is 43.8. The molecule has 0 aromatic heterocycles. The molecule has 1 aliphatic carbocycles. The van der Waals surface area contributed by atoms with Crippen molar-refractivity contribution >= 4 is 9.84 Å². The Labute approximate surface area is 153 Å². The summed E-state index contributed by atoms with van der Waals surface area (Å²) in [5, 5.41) is 0. The number of hydrogen-bond acceptors (Lipinski definition) is 4. The van der Waals surface area contributed by atoms with E-state index in [1.54, 1.807) is 30.3 Å². The predicted molar refractivity (Wildman–Crippen MR) is 97.6 cm³/mol. The Hall–Kier alpha value is -1.92. The minimum atomic E-state index is -3.24. The van der Waals surface area contributed by atoms with Crippen molar-refractivity contribution in [2.75, 3.05) is 19.3 Å². The van der Waals surface area contributed by atoms with E-state index in [1.807, 2.05) is 6.07 Å². The van der Waals surface area contributed by atoms with Crippen molar-refractivity contribution in [1.29, 1.82) is 0 Å². The third kappa shape index (κ3) is 3.23. The molecule has 1 fully saturated rings. The fourth-order valence-corrected chi connectivity index (χ4v) is 4.66. The maximum atomic E-state index is 14.3. The van der Waals surface area contributed by atoms with Gasteiger partial charge in [-0.25, -0.2) is 12.8 Å². The lowest BCUT2D eigenvalue weighted by atomic mass is 10.1. The van der Waals surface area contributed by atoms with Crippen LogP contribution in [0.3, 0.4) is 0 Å². The summed E-state index contributed by atoms with van der Waals surface area (Å²) in [6, 6.07) is 11.7. The zero-order valence-electron chi connectivity index (χ0n) is 14.7. The highest BCUT2D eigenvalue weighted by molar-refractivity contribution is 7.90. The lowest BCUT2D eigenvalue weighted by molar-refractivity contribution is 0.0940. The number of hydrogen-bond donors (Lipinski definition) is 0. The Morgan fingerprint density at radius 1 is 1.08 bits per heavy atom. The van der Waals surface area contributed by atoms with Gasteiger partial charge in [-0.1, -0.05) is 12.1 Å². The lowest BCUT2D eigenvalue weighted by Gasteiger charge is -2.30. The van der Waals surface area contributed by atoms with Gasteiger partial charge in [-0.05, 0) is 68.2 Å². The molecular weight excluding hydrogens is 353 g/mol. The molecule has 2 atom stereocenters. The molecule has 4 nitrogen and oxygen atoms in total. The minimum absolute atomic E-state index is 0.110. The largest absolute Gasteiger partial charge is 0.484 e. The third-order valence-electron chi connectivity index (χ3n) is 5.35. The molecule has 4 rings (SSSR count). The number of halogens is 1. The van der Waals surface area contributed by atoms with E-state index in [2.05, 4.69) is 4.90 Å². The molecule has 138 valence electrons. The second-order valence-electron chi connectivity index (χ2n) is 7.10. The summed E-state index contributed by atoms with van der Waals surface area (Å²) in [4.78, 5) is 2.65. The summed E-state index contributed by atoms with van der Waals surface area (Å²) in [5.74, 6) is 0.425. The summed E-state index contributed by atoms with van der Waals surface area (Å²) >= 11 is 0. The van der Waals surface area contributed by atoms with Crippen molar-refractivity contribution in [2.45, 2.75) is 36.3 Å². The minimum Gasteiger partial charge on any atom is -0.484 e. The van der Waals surface area contributed by atoms with E-state index >= 15 is 0 Å². The molecule has 2 aromatic carbocycles. The van der Waals surface area contributed by atoms with E-state index in [4.69, 9.17) is 4.74 Å². The van der Waals surface area contributed by atoms with Crippen LogP contribution in [0, 0.1) is 5.82 Å². The van der Waals surface area contributed by atoms with Gasteiger partial charge in [-0.3, -0.25) is 4.90 Å². The topological polar surface area (TPSA) is 46.6 Å². The molecule has 0 amide bonds. The molecular formula is C20H22FNO3S. The highest BCUT2D eigenvalue weighted by Crippen LogP contribution is 2.40. The van der Waals surface area contributed by atoms with Gasteiger partial charge in [0.2, 0.25) is 0 Å². The van der Waals surface area contributed by atoms with Crippen LogP contribution in [0.1, 0.15) is 30.1 Å². The molecule has 0 radical (unpaired) electrons. The van der Waals surface area contributed by atoms with Gasteiger partial charge in [-0.2, -0.15) is 0 Å². The molecule has 6 heteroatoms. The lowest BCUT2D eigenvalue weighted by Crippen LogP contribution is -2.38. The first-order chi connectivity index (χ1) is 12.4. The van der Waals surface area contributed by atoms with Crippen molar-refractivity contribution < 1.29 is 17.5 Å². The maximum Gasteiger partial charge on any atom is 0.175 e. The summed E-state index contributed by atoms with van der Waals surface area (Å²) in [7, 11) is -3.24. The van der Waals surface area contributed by atoms with Gasteiger partial charge in [0.05, 0.1) is 10.9 Å². The number of likely N-dealkylation sites (tertiary alicyclic amines) is 1. The van der Waals surface area contributed by atoms with Gasteiger partial charge in [-0.15, -0.1) is 0 Å². The second-order valence-corrected chi connectivity index (χ2v) is 9.12. The molecule has 0 N–H and O–H groups in total. The van der Waals surface area contributed by atoms with E-state index in [1.165, 1.54) is 12.3 Å². The highest BCUT2D eigenvalue weighted by Gasteiger charge is 2.40. The first kappa shape index (κ1) is 17.5. The summed E-state index contributed by atoms with van der Waals surface area (Å²) in [5.41, 5.74) is 1.64. The van der Waals surface area contributed by atoms with Crippen molar-refractivity contribution in [3.8, 4) is 5.75 Å². The Balaban J connectivity index is 1.64. The van der Waals surface area contributed by atoms with Crippen molar-refractivity contribution in [2.24, 2.45) is 0 Å². The average molecular weight is 375 g/mol. The van der Waals surface area contributed by atoms with Crippen molar-refractivity contribution in [3.05, 3.63) is 59.4 Å². The normalized spacial score (nSPS) is 23.2. The van der Waals surface area contributed by atoms with E-state index in [-0.39, 0.29) is 22.9 Å². The molecule has 0 bridgehead atoms. The van der Waals surface area contributed by atoms with Crippen LogP contribution < -0.4 is 4.74 Å². The van der Waals surface area contributed by atoms with Gasteiger partial charge in [0, 0.05) is 11.8 Å². The smallest absolute Gasteiger partial charge is 0.175 e. The van der Waals surface area contributed by atoms with E-state index in [0.29, 0.717) is 12.2 Å². The molecule has 2 unspecified atom stereocenters. The van der Waals surface area contributed by atoms with E-state index in [0.717, 1.165) is 37.1 Å². The van der Waals surface area contributed by atoms with Crippen LogP contribution >= 0.6 is 0 Å².